The summed E-state index contributed by atoms with van der Waals surface area (Å²) in [6, 6.07) is 16.9. The van der Waals surface area contributed by atoms with Crippen LogP contribution in [0.2, 0.25) is 0 Å². The molecule has 0 aliphatic heterocycles. The summed E-state index contributed by atoms with van der Waals surface area (Å²) in [5.74, 6) is -0.788. The van der Waals surface area contributed by atoms with E-state index in [0.29, 0.717) is 59.9 Å². The Kier molecular flexibility index (Phi) is 8.76. The maximum Gasteiger partial charge on any atom is 0.298 e. The number of aldehydes is 1. The number of amides is 2. The van der Waals surface area contributed by atoms with Crippen molar-refractivity contribution in [3.05, 3.63) is 106 Å². The summed E-state index contributed by atoms with van der Waals surface area (Å²) in [5.41, 5.74) is 7.03. The lowest BCUT2D eigenvalue weighted by atomic mass is 10.2. The molecule has 13 heteroatoms. The zero-order chi connectivity index (χ0) is 34.1. The molecule has 4 aromatic heterocycles. The van der Waals surface area contributed by atoms with E-state index in [2.05, 4.69) is 20.2 Å². The molecule has 2 amide bonds. The zero-order valence-electron chi connectivity index (χ0n) is 28.0. The van der Waals surface area contributed by atoms with Crippen LogP contribution in [0.5, 0.6) is 0 Å². The number of carbonyl (C=O) groups excluding carboxylic acids is 3. The largest absolute Gasteiger partial charge is 0.313 e. The number of hydrogen-bond donors (Lipinski definition) is 0. The highest BCUT2D eigenvalue weighted by molar-refractivity contribution is 5.96. The van der Waals surface area contributed by atoms with Gasteiger partial charge in [-0.2, -0.15) is 20.2 Å². The maximum absolute atomic E-state index is 13.5. The molecular weight excluding hydrogens is 608 g/mol. The number of para-hydroxylation sites is 3. The molecule has 0 unspecified atom stereocenters. The van der Waals surface area contributed by atoms with E-state index >= 15 is 0 Å². The van der Waals surface area contributed by atoms with E-state index in [4.69, 9.17) is 0 Å². The van der Waals surface area contributed by atoms with Gasteiger partial charge in [0.05, 0.1) is 33.5 Å². The van der Waals surface area contributed by atoms with Crippen LogP contribution in [0.1, 0.15) is 56.6 Å². The van der Waals surface area contributed by atoms with E-state index in [1.54, 1.807) is 39.2 Å². The number of nitrogens with zero attached hydrogens (tertiary/aromatic N) is 10. The summed E-state index contributed by atoms with van der Waals surface area (Å²) in [5, 5.41) is 8.81. The molecule has 4 heterocycles. The molecule has 0 fully saturated rings. The van der Waals surface area contributed by atoms with Crippen LogP contribution in [-0.4, -0.2) is 55.9 Å². The Bertz CT molecular complexity index is 2390. The van der Waals surface area contributed by atoms with Gasteiger partial charge in [-0.25, -0.2) is 0 Å². The molecule has 0 radical (unpaired) electrons. The molecule has 0 saturated heterocycles. The Morgan fingerprint density at radius 2 is 1.21 bits per heavy atom. The van der Waals surface area contributed by atoms with Crippen LogP contribution in [0.4, 0.5) is 0 Å². The van der Waals surface area contributed by atoms with Gasteiger partial charge in [-0.05, 0) is 64.1 Å². The monoisotopic (exact) mass is 646 g/mol. The summed E-state index contributed by atoms with van der Waals surface area (Å²) >= 11 is 0. The van der Waals surface area contributed by atoms with Gasteiger partial charge in [-0.1, -0.05) is 30.4 Å². The number of rotatable bonds is 9. The maximum atomic E-state index is 13.5. The van der Waals surface area contributed by atoms with Gasteiger partial charge in [0.2, 0.25) is 11.2 Å². The highest BCUT2D eigenvalue weighted by Gasteiger charge is 2.18. The van der Waals surface area contributed by atoms with Crippen molar-refractivity contribution in [2.75, 3.05) is 0 Å². The number of benzene rings is 2. The van der Waals surface area contributed by atoms with Gasteiger partial charge in [0.1, 0.15) is 11.4 Å². The number of carbonyl (C=O) groups is 3. The van der Waals surface area contributed by atoms with Crippen molar-refractivity contribution in [3.63, 3.8) is 0 Å². The lowest BCUT2D eigenvalue weighted by Gasteiger charge is -2.04. The van der Waals surface area contributed by atoms with Crippen molar-refractivity contribution < 1.29 is 14.4 Å². The molecule has 48 heavy (non-hydrogen) atoms. The molecule has 2 aromatic carbocycles. The van der Waals surface area contributed by atoms with Crippen molar-refractivity contribution in [3.8, 4) is 0 Å². The number of aryl methyl sites for hydroxylation is 6. The summed E-state index contributed by atoms with van der Waals surface area (Å²) in [7, 11) is 3.69. The highest BCUT2D eigenvalue weighted by atomic mass is 16.2. The molecule has 13 nitrogen and oxygen atoms in total. The average Bonchev–Trinajstić information content (AvgIpc) is 3.81. The fraction of sp³-hybridized carbons (Fsp3) is 0.286. The minimum absolute atomic E-state index is 0.365. The van der Waals surface area contributed by atoms with Crippen molar-refractivity contribution in [2.24, 2.45) is 24.1 Å². The van der Waals surface area contributed by atoms with Gasteiger partial charge >= 0.3 is 0 Å². The van der Waals surface area contributed by atoms with E-state index < -0.39 is 5.91 Å². The molecule has 6 rings (SSSR count). The van der Waals surface area contributed by atoms with Gasteiger partial charge in [0.15, 0.2) is 6.29 Å². The number of fused-ring (bicyclic) bond motifs is 2. The lowest BCUT2D eigenvalue weighted by molar-refractivity contribution is 0.0977. The van der Waals surface area contributed by atoms with Crippen LogP contribution in [-0.2, 0) is 40.3 Å². The first-order valence-electron chi connectivity index (χ1n) is 15.9. The van der Waals surface area contributed by atoms with Crippen molar-refractivity contribution >= 4 is 40.2 Å². The van der Waals surface area contributed by atoms with E-state index in [9.17, 15) is 14.4 Å². The molecule has 246 valence electrons. The Balaban J connectivity index is 1.40. The summed E-state index contributed by atoms with van der Waals surface area (Å²) in [6.07, 6.45) is 4.78. The Morgan fingerprint density at radius 1 is 0.708 bits per heavy atom. The van der Waals surface area contributed by atoms with Crippen LogP contribution in [0.3, 0.4) is 0 Å². The smallest absolute Gasteiger partial charge is 0.298 e. The fourth-order valence-electron chi connectivity index (χ4n) is 6.19. The third-order valence-corrected chi connectivity index (χ3v) is 8.40. The summed E-state index contributed by atoms with van der Waals surface area (Å²) in [6.45, 7) is 9.43. The van der Waals surface area contributed by atoms with E-state index in [0.717, 1.165) is 34.2 Å². The topological polar surface area (TPSA) is 131 Å². The predicted octanol–water partition coefficient (Wildman–Crippen LogP) is 3.87. The Hall–Kier alpha value is -5.85. The van der Waals surface area contributed by atoms with Crippen molar-refractivity contribution in [2.45, 2.75) is 53.9 Å². The summed E-state index contributed by atoms with van der Waals surface area (Å²) in [4.78, 5) is 48.0. The van der Waals surface area contributed by atoms with Crippen LogP contribution < -0.4 is 11.2 Å². The molecule has 0 atom stereocenters. The second-order valence-corrected chi connectivity index (χ2v) is 11.5. The van der Waals surface area contributed by atoms with Gasteiger partial charge in [-0.3, -0.25) is 23.7 Å². The molecule has 0 N–H and O–H groups in total. The first-order valence-corrected chi connectivity index (χ1v) is 15.9. The molecular formula is C35H38N10O3. The molecule has 0 saturated carbocycles. The molecule has 0 aliphatic rings. The quantitative estimate of drug-likeness (QED) is 0.174. The number of allylic oxidation sites excluding steroid dienone is 2. The third kappa shape index (κ3) is 5.67. The molecule has 0 aliphatic carbocycles. The Labute approximate surface area is 276 Å². The molecule has 6 aromatic rings. The fourth-order valence-corrected chi connectivity index (χ4v) is 6.19. The van der Waals surface area contributed by atoms with E-state index in [-0.39, 0.29) is 5.91 Å². The standard InChI is InChI=1S/C35H38N10O3/c1-7-44-29(20-23(3)38-44)32(47)36-34-40(5)26-15-9-10-16-27(26)42(34)18-11-12-19-43-28-17-13-14-25(22-46)31(28)41(6)35(43)37-33(48)30-21-24(4)39-45(30)8-2/h9-17,20-22H,7-8,18-19H2,1-6H3/b12-11+,36-34?,37-35?. The normalized spacial score (nSPS) is 12.7. The number of aromatic nitrogens is 8. The first-order chi connectivity index (χ1) is 23.2. The van der Waals surface area contributed by atoms with E-state index in [1.165, 1.54) is 0 Å². The zero-order valence-corrected chi connectivity index (χ0v) is 28.0. The van der Waals surface area contributed by atoms with Crippen LogP contribution in [0.25, 0.3) is 22.1 Å². The van der Waals surface area contributed by atoms with E-state index in [1.807, 2.05) is 97.0 Å². The predicted molar refractivity (Wildman–Crippen MR) is 181 cm³/mol. The highest BCUT2D eigenvalue weighted by Crippen LogP contribution is 2.17. The minimum Gasteiger partial charge on any atom is -0.313 e. The Morgan fingerprint density at radius 3 is 1.75 bits per heavy atom. The number of imidazole rings is 2. The van der Waals surface area contributed by atoms with Crippen molar-refractivity contribution in [1.29, 1.82) is 0 Å². The molecule has 0 bridgehead atoms. The first kappa shape index (κ1) is 32.1. The summed E-state index contributed by atoms with van der Waals surface area (Å²) < 4.78 is 10.9. The third-order valence-electron chi connectivity index (χ3n) is 8.40. The SMILES string of the molecule is CCn1nc(C)cc1C(=O)N=c1n(C)c2ccccc2n1C/C=C/Cn1c(=NC(=O)c2cc(C)nn2CC)n(C)c2c(C=O)cccc21. The van der Waals surface area contributed by atoms with Gasteiger partial charge < -0.3 is 18.3 Å². The van der Waals surface area contributed by atoms with Gasteiger partial charge in [0.25, 0.3) is 11.8 Å². The van der Waals surface area contributed by atoms with Gasteiger partial charge in [0, 0.05) is 45.8 Å². The average molecular weight is 647 g/mol. The molecule has 0 spiro atoms. The van der Waals surface area contributed by atoms with Crippen molar-refractivity contribution in [1.82, 2.24) is 37.8 Å². The van der Waals surface area contributed by atoms with Crippen LogP contribution >= 0.6 is 0 Å². The van der Waals surface area contributed by atoms with Crippen LogP contribution in [0, 0.1) is 13.8 Å². The minimum atomic E-state index is -0.421. The van der Waals surface area contributed by atoms with Gasteiger partial charge in [-0.15, -0.1) is 0 Å². The second kappa shape index (κ2) is 13.1. The second-order valence-electron chi connectivity index (χ2n) is 11.5. The number of hydrogen-bond acceptors (Lipinski definition) is 5. The van der Waals surface area contributed by atoms with Crippen LogP contribution in [0.15, 0.2) is 76.7 Å². The lowest BCUT2D eigenvalue weighted by Crippen LogP contribution is -2.27.